The normalized spacial score (nSPS) is 9.72. The second-order valence-corrected chi connectivity index (χ2v) is 3.98. The molecule has 1 N–H and O–H groups in total. The molecule has 0 bridgehead atoms. The molecule has 0 radical (unpaired) electrons. The summed E-state index contributed by atoms with van der Waals surface area (Å²) in [6.07, 6.45) is -0.812. The zero-order valence-corrected chi connectivity index (χ0v) is 11.0. The van der Waals surface area contributed by atoms with Crippen LogP contribution in [0.25, 0.3) is 0 Å². The SMILES string of the molecule is CCOC(=O)NC(=O)COc1ccc(Cl)cc1Cl. The molecular weight excluding hydrogens is 281 g/mol. The number of hydrogen-bond acceptors (Lipinski definition) is 4. The number of carbonyl (C=O) groups is 2. The molecule has 1 aromatic rings. The number of nitrogens with one attached hydrogen (secondary N) is 1. The Balaban J connectivity index is 2.45. The Kier molecular flexibility index (Phi) is 5.74. The van der Waals surface area contributed by atoms with E-state index in [1.54, 1.807) is 13.0 Å². The molecule has 0 aliphatic rings. The second kappa shape index (κ2) is 7.08. The minimum absolute atomic E-state index is 0.184. The molecule has 0 aliphatic heterocycles. The molecule has 0 heterocycles. The van der Waals surface area contributed by atoms with Gasteiger partial charge in [0, 0.05) is 5.02 Å². The van der Waals surface area contributed by atoms with E-state index in [0.29, 0.717) is 10.8 Å². The highest BCUT2D eigenvalue weighted by Gasteiger charge is 2.10. The van der Waals surface area contributed by atoms with Crippen molar-refractivity contribution in [3.8, 4) is 5.75 Å². The van der Waals surface area contributed by atoms with Crippen molar-refractivity contribution in [3.05, 3.63) is 28.2 Å². The predicted molar refractivity (Wildman–Crippen MR) is 67.1 cm³/mol. The number of imide groups is 1. The molecule has 2 amide bonds. The first-order chi connectivity index (χ1) is 8.52. The summed E-state index contributed by atoms with van der Waals surface area (Å²) in [5, 5.41) is 2.73. The van der Waals surface area contributed by atoms with Gasteiger partial charge >= 0.3 is 6.09 Å². The number of benzene rings is 1. The van der Waals surface area contributed by atoms with Crippen LogP contribution in [-0.4, -0.2) is 25.2 Å². The third kappa shape index (κ3) is 4.81. The smallest absolute Gasteiger partial charge is 0.413 e. The molecule has 0 aromatic heterocycles. The van der Waals surface area contributed by atoms with E-state index >= 15 is 0 Å². The second-order valence-electron chi connectivity index (χ2n) is 3.13. The third-order valence-electron chi connectivity index (χ3n) is 1.77. The van der Waals surface area contributed by atoms with Crippen molar-refractivity contribution < 1.29 is 19.1 Å². The number of alkyl carbamates (subject to hydrolysis) is 1. The van der Waals surface area contributed by atoms with E-state index in [4.69, 9.17) is 27.9 Å². The van der Waals surface area contributed by atoms with E-state index in [0.717, 1.165) is 0 Å². The molecular formula is C11H11Cl2NO4. The van der Waals surface area contributed by atoms with Crippen LogP contribution in [0.4, 0.5) is 4.79 Å². The standard InChI is InChI=1S/C11H11Cl2NO4/c1-2-17-11(16)14-10(15)6-18-9-4-3-7(12)5-8(9)13/h3-5H,2,6H2,1H3,(H,14,15,16). The zero-order chi connectivity index (χ0) is 13.5. The van der Waals surface area contributed by atoms with Crippen molar-refractivity contribution in [2.45, 2.75) is 6.92 Å². The quantitative estimate of drug-likeness (QED) is 0.926. The summed E-state index contributed by atoms with van der Waals surface area (Å²) >= 11 is 11.5. The average molecular weight is 292 g/mol. The lowest BCUT2D eigenvalue weighted by Crippen LogP contribution is -2.34. The molecule has 0 spiro atoms. The summed E-state index contributed by atoms with van der Waals surface area (Å²) in [7, 11) is 0. The topological polar surface area (TPSA) is 64.6 Å². The minimum atomic E-state index is -0.812. The van der Waals surface area contributed by atoms with E-state index in [2.05, 4.69) is 4.74 Å². The Bertz CT molecular complexity index is 451. The van der Waals surface area contributed by atoms with Gasteiger partial charge in [-0.3, -0.25) is 10.1 Å². The maximum atomic E-state index is 11.3. The highest BCUT2D eigenvalue weighted by Crippen LogP contribution is 2.27. The predicted octanol–water partition coefficient (Wildman–Crippen LogP) is 2.64. The van der Waals surface area contributed by atoms with Crippen LogP contribution in [0.5, 0.6) is 5.75 Å². The van der Waals surface area contributed by atoms with Crippen LogP contribution in [0.1, 0.15) is 6.92 Å². The number of amides is 2. The first-order valence-electron chi connectivity index (χ1n) is 5.07. The summed E-state index contributed by atoms with van der Waals surface area (Å²) in [4.78, 5) is 22.2. The Morgan fingerprint density at radius 2 is 2.06 bits per heavy atom. The van der Waals surface area contributed by atoms with Crippen LogP contribution in [0.2, 0.25) is 10.0 Å². The molecule has 0 saturated heterocycles. The first kappa shape index (κ1) is 14.6. The molecule has 7 heteroatoms. The number of halogens is 2. The van der Waals surface area contributed by atoms with Gasteiger partial charge in [-0.15, -0.1) is 0 Å². The molecule has 1 aromatic carbocycles. The van der Waals surface area contributed by atoms with E-state index in [1.165, 1.54) is 12.1 Å². The van der Waals surface area contributed by atoms with Crippen LogP contribution in [0, 0.1) is 0 Å². The summed E-state index contributed by atoms with van der Waals surface area (Å²) in [6, 6.07) is 4.59. The Morgan fingerprint density at radius 3 is 2.67 bits per heavy atom. The Morgan fingerprint density at radius 1 is 1.33 bits per heavy atom. The van der Waals surface area contributed by atoms with Crippen LogP contribution in [-0.2, 0) is 9.53 Å². The van der Waals surface area contributed by atoms with Crippen LogP contribution >= 0.6 is 23.2 Å². The van der Waals surface area contributed by atoms with Gasteiger partial charge in [0.2, 0.25) is 0 Å². The molecule has 1 rings (SSSR count). The fraction of sp³-hybridized carbons (Fsp3) is 0.273. The van der Waals surface area contributed by atoms with Gasteiger partial charge in [0.1, 0.15) is 5.75 Å². The van der Waals surface area contributed by atoms with E-state index < -0.39 is 12.0 Å². The van der Waals surface area contributed by atoms with Crippen LogP contribution < -0.4 is 10.1 Å². The van der Waals surface area contributed by atoms with E-state index in [1.807, 2.05) is 5.32 Å². The van der Waals surface area contributed by atoms with E-state index in [-0.39, 0.29) is 18.2 Å². The lowest BCUT2D eigenvalue weighted by molar-refractivity contribution is -0.122. The van der Waals surface area contributed by atoms with Gasteiger partial charge in [-0.25, -0.2) is 4.79 Å². The van der Waals surface area contributed by atoms with Crippen molar-refractivity contribution in [1.82, 2.24) is 5.32 Å². The van der Waals surface area contributed by atoms with Crippen molar-refractivity contribution in [1.29, 1.82) is 0 Å². The van der Waals surface area contributed by atoms with Gasteiger partial charge in [-0.05, 0) is 25.1 Å². The fourth-order valence-electron chi connectivity index (χ4n) is 1.05. The first-order valence-corrected chi connectivity index (χ1v) is 5.83. The zero-order valence-electron chi connectivity index (χ0n) is 9.54. The largest absolute Gasteiger partial charge is 0.482 e. The summed E-state index contributed by atoms with van der Waals surface area (Å²) in [5.74, 6) is -0.320. The maximum Gasteiger partial charge on any atom is 0.413 e. The number of rotatable bonds is 4. The molecule has 0 unspecified atom stereocenters. The minimum Gasteiger partial charge on any atom is -0.482 e. The van der Waals surface area contributed by atoms with Gasteiger partial charge in [0.05, 0.1) is 11.6 Å². The van der Waals surface area contributed by atoms with Gasteiger partial charge in [0.25, 0.3) is 5.91 Å². The highest BCUT2D eigenvalue weighted by molar-refractivity contribution is 6.35. The molecule has 18 heavy (non-hydrogen) atoms. The summed E-state index contributed by atoms with van der Waals surface area (Å²) in [5.41, 5.74) is 0. The molecule has 5 nitrogen and oxygen atoms in total. The number of hydrogen-bond donors (Lipinski definition) is 1. The van der Waals surface area contributed by atoms with Crippen molar-refractivity contribution in [2.24, 2.45) is 0 Å². The lowest BCUT2D eigenvalue weighted by Gasteiger charge is -2.08. The van der Waals surface area contributed by atoms with Crippen molar-refractivity contribution in [3.63, 3.8) is 0 Å². The maximum absolute atomic E-state index is 11.3. The summed E-state index contributed by atoms with van der Waals surface area (Å²) in [6.45, 7) is 1.47. The van der Waals surface area contributed by atoms with Crippen molar-refractivity contribution >= 4 is 35.2 Å². The Hall–Kier alpha value is -1.46. The van der Waals surface area contributed by atoms with E-state index in [9.17, 15) is 9.59 Å². The van der Waals surface area contributed by atoms with Crippen LogP contribution in [0.15, 0.2) is 18.2 Å². The van der Waals surface area contributed by atoms with Gasteiger partial charge in [-0.1, -0.05) is 23.2 Å². The molecule has 0 atom stereocenters. The lowest BCUT2D eigenvalue weighted by atomic mass is 10.3. The van der Waals surface area contributed by atoms with Crippen molar-refractivity contribution in [2.75, 3.05) is 13.2 Å². The van der Waals surface area contributed by atoms with Gasteiger partial charge in [0.15, 0.2) is 6.61 Å². The van der Waals surface area contributed by atoms with Crippen LogP contribution in [0.3, 0.4) is 0 Å². The molecule has 98 valence electrons. The molecule has 0 saturated carbocycles. The highest BCUT2D eigenvalue weighted by atomic mass is 35.5. The average Bonchev–Trinajstić information content (AvgIpc) is 2.28. The van der Waals surface area contributed by atoms with Gasteiger partial charge < -0.3 is 9.47 Å². The van der Waals surface area contributed by atoms with Gasteiger partial charge in [-0.2, -0.15) is 0 Å². The fourth-order valence-corrected chi connectivity index (χ4v) is 1.52. The monoisotopic (exact) mass is 291 g/mol. The number of ether oxygens (including phenoxy) is 2. The molecule has 0 fully saturated rings. The Labute approximate surface area is 114 Å². The third-order valence-corrected chi connectivity index (χ3v) is 2.30. The molecule has 0 aliphatic carbocycles. The summed E-state index contributed by atoms with van der Waals surface area (Å²) < 4.78 is 9.66. The number of carbonyl (C=O) groups excluding carboxylic acids is 2.